The number of benzene rings is 1. The van der Waals surface area contributed by atoms with Gasteiger partial charge >= 0.3 is 0 Å². The number of aryl methyl sites for hydroxylation is 1. The average molecular weight is 386 g/mol. The van der Waals surface area contributed by atoms with E-state index < -0.39 is 0 Å². The van der Waals surface area contributed by atoms with Crippen LogP contribution in [0.25, 0.3) is 11.4 Å². The first-order valence-electron chi connectivity index (χ1n) is 8.41. The Labute approximate surface area is 161 Å². The zero-order valence-electron chi connectivity index (χ0n) is 15.7. The van der Waals surface area contributed by atoms with E-state index in [1.165, 1.54) is 22.0 Å². The first-order chi connectivity index (χ1) is 12.7. The van der Waals surface area contributed by atoms with Gasteiger partial charge < -0.3 is 15.7 Å². The number of nitrogen functional groups attached to an aromatic ring is 1. The van der Waals surface area contributed by atoms with Crippen LogP contribution >= 0.6 is 11.8 Å². The molecule has 0 saturated carbocycles. The molecule has 0 unspecified atom stereocenters. The molecule has 1 aromatic carbocycles. The molecule has 142 valence electrons. The lowest BCUT2D eigenvalue weighted by Gasteiger charge is -2.19. The van der Waals surface area contributed by atoms with Gasteiger partial charge in [-0.15, -0.1) is 10.2 Å². The van der Waals surface area contributed by atoms with E-state index in [9.17, 15) is 4.79 Å². The highest BCUT2D eigenvalue weighted by Gasteiger charge is 2.17. The summed E-state index contributed by atoms with van der Waals surface area (Å²) in [5.41, 5.74) is 2.17. The quantitative estimate of drug-likeness (QED) is 0.512. The lowest BCUT2D eigenvalue weighted by atomic mass is 9.87. The van der Waals surface area contributed by atoms with Crippen LogP contribution in [-0.4, -0.2) is 31.7 Å². The summed E-state index contributed by atoms with van der Waals surface area (Å²) >= 11 is 1.20. The maximum atomic E-state index is 12.0. The zero-order chi connectivity index (χ0) is 19.6. The first-order valence-corrected chi connectivity index (χ1v) is 9.40. The fourth-order valence-corrected chi connectivity index (χ4v) is 3.08. The number of nitrogens with zero attached hydrogens (tertiary/aromatic N) is 4. The van der Waals surface area contributed by atoms with Gasteiger partial charge in [-0.2, -0.15) is 0 Å². The molecule has 27 heavy (non-hydrogen) atoms. The van der Waals surface area contributed by atoms with E-state index in [4.69, 9.17) is 10.4 Å². The molecule has 0 saturated heterocycles. The van der Waals surface area contributed by atoms with Crippen LogP contribution in [0.4, 0.5) is 5.82 Å². The molecule has 3 rings (SSSR count). The van der Waals surface area contributed by atoms with Crippen molar-refractivity contribution in [1.82, 2.24) is 20.0 Å². The fraction of sp³-hybridized carbons (Fsp3) is 0.333. The van der Waals surface area contributed by atoms with Gasteiger partial charge in [0.25, 0.3) is 0 Å². The third-order valence-corrected chi connectivity index (χ3v) is 4.84. The SMILES string of the molecule is Cc1cc(NC(=O)CSc2nnc(-c3ccc(C(C)(C)C)cc3)n2N)no1. The summed E-state index contributed by atoms with van der Waals surface area (Å²) in [7, 11) is 0. The summed E-state index contributed by atoms with van der Waals surface area (Å²) in [5, 5.41) is 15.1. The number of rotatable bonds is 5. The number of nitrogens with two attached hydrogens (primary N) is 1. The van der Waals surface area contributed by atoms with Crippen molar-refractivity contribution in [3.63, 3.8) is 0 Å². The molecule has 9 heteroatoms. The van der Waals surface area contributed by atoms with E-state index in [0.717, 1.165) is 5.56 Å². The molecule has 0 atom stereocenters. The predicted molar refractivity (Wildman–Crippen MR) is 105 cm³/mol. The molecule has 0 fully saturated rings. The highest BCUT2D eigenvalue weighted by molar-refractivity contribution is 7.99. The Morgan fingerprint density at radius 2 is 1.96 bits per heavy atom. The second-order valence-electron chi connectivity index (χ2n) is 7.16. The van der Waals surface area contributed by atoms with Crippen molar-refractivity contribution in [2.24, 2.45) is 0 Å². The van der Waals surface area contributed by atoms with Crippen molar-refractivity contribution in [2.45, 2.75) is 38.3 Å². The van der Waals surface area contributed by atoms with Crippen LogP contribution < -0.4 is 11.2 Å². The Morgan fingerprint density at radius 3 is 2.56 bits per heavy atom. The summed E-state index contributed by atoms with van der Waals surface area (Å²) in [5.74, 6) is 7.57. The number of nitrogens with one attached hydrogen (secondary N) is 1. The molecule has 0 aliphatic rings. The van der Waals surface area contributed by atoms with Gasteiger partial charge in [-0.1, -0.05) is 62.0 Å². The van der Waals surface area contributed by atoms with E-state index in [1.54, 1.807) is 13.0 Å². The van der Waals surface area contributed by atoms with Gasteiger partial charge in [0.2, 0.25) is 11.1 Å². The van der Waals surface area contributed by atoms with Gasteiger partial charge in [0.15, 0.2) is 11.6 Å². The molecule has 0 aliphatic carbocycles. The maximum absolute atomic E-state index is 12.0. The van der Waals surface area contributed by atoms with E-state index in [2.05, 4.69) is 53.6 Å². The molecule has 8 nitrogen and oxygen atoms in total. The Balaban J connectivity index is 1.65. The fourth-order valence-electron chi connectivity index (χ4n) is 2.43. The number of carbonyl (C=O) groups excluding carboxylic acids is 1. The normalized spacial score (nSPS) is 11.6. The smallest absolute Gasteiger partial charge is 0.236 e. The molecule has 1 amide bonds. The van der Waals surface area contributed by atoms with E-state index in [-0.39, 0.29) is 17.1 Å². The van der Waals surface area contributed by atoms with Crippen molar-refractivity contribution in [3.8, 4) is 11.4 Å². The van der Waals surface area contributed by atoms with Crippen molar-refractivity contribution in [3.05, 3.63) is 41.7 Å². The summed E-state index contributed by atoms with van der Waals surface area (Å²) in [6.07, 6.45) is 0. The maximum Gasteiger partial charge on any atom is 0.236 e. The summed E-state index contributed by atoms with van der Waals surface area (Å²) in [6, 6.07) is 9.71. The molecule has 3 aromatic rings. The number of hydrogen-bond donors (Lipinski definition) is 2. The lowest BCUT2D eigenvalue weighted by molar-refractivity contribution is -0.113. The Kier molecular flexibility index (Phi) is 5.22. The lowest BCUT2D eigenvalue weighted by Crippen LogP contribution is -2.16. The van der Waals surface area contributed by atoms with Crippen molar-refractivity contribution in [2.75, 3.05) is 16.9 Å². The molecule has 0 bridgehead atoms. The number of aromatic nitrogens is 4. The van der Waals surface area contributed by atoms with E-state index in [0.29, 0.717) is 22.6 Å². The van der Waals surface area contributed by atoms with Crippen LogP contribution in [-0.2, 0) is 10.2 Å². The zero-order valence-corrected chi connectivity index (χ0v) is 16.5. The van der Waals surface area contributed by atoms with Gasteiger partial charge in [0, 0.05) is 11.6 Å². The summed E-state index contributed by atoms with van der Waals surface area (Å²) in [4.78, 5) is 12.0. The van der Waals surface area contributed by atoms with E-state index in [1.807, 2.05) is 12.1 Å². The minimum Gasteiger partial charge on any atom is -0.360 e. The number of hydrogen-bond acceptors (Lipinski definition) is 7. The van der Waals surface area contributed by atoms with Gasteiger partial charge in [0.1, 0.15) is 5.76 Å². The Morgan fingerprint density at radius 1 is 1.26 bits per heavy atom. The topological polar surface area (TPSA) is 112 Å². The third-order valence-electron chi connectivity index (χ3n) is 3.90. The first kappa shape index (κ1) is 19.0. The average Bonchev–Trinajstić information content (AvgIpc) is 3.18. The van der Waals surface area contributed by atoms with Crippen molar-refractivity contribution < 1.29 is 9.32 Å². The van der Waals surface area contributed by atoms with Crippen LogP contribution in [0, 0.1) is 6.92 Å². The molecule has 0 radical (unpaired) electrons. The van der Waals surface area contributed by atoms with Crippen LogP contribution in [0.3, 0.4) is 0 Å². The molecule has 3 N–H and O–H groups in total. The Bertz CT molecular complexity index is 940. The van der Waals surface area contributed by atoms with Gasteiger partial charge in [0.05, 0.1) is 5.75 Å². The van der Waals surface area contributed by atoms with Crippen LogP contribution in [0.1, 0.15) is 32.1 Å². The highest BCUT2D eigenvalue weighted by Crippen LogP contribution is 2.26. The van der Waals surface area contributed by atoms with E-state index >= 15 is 0 Å². The minimum absolute atomic E-state index is 0.0751. The molecule has 0 aliphatic heterocycles. The predicted octanol–water partition coefficient (Wildman–Crippen LogP) is 2.98. The van der Waals surface area contributed by atoms with Gasteiger partial charge in [-0.25, -0.2) is 4.68 Å². The molecule has 0 spiro atoms. The largest absolute Gasteiger partial charge is 0.360 e. The Hall–Kier alpha value is -2.81. The summed E-state index contributed by atoms with van der Waals surface area (Å²) in [6.45, 7) is 8.23. The minimum atomic E-state index is -0.229. The molecular formula is C18H22N6O2S. The number of carbonyl (C=O) groups is 1. The number of anilines is 1. The second-order valence-corrected chi connectivity index (χ2v) is 8.11. The standard InChI is InChI=1S/C18H22N6O2S/c1-11-9-14(23-26-11)20-15(25)10-27-17-22-21-16(24(17)19)12-5-7-13(8-6-12)18(2,3)4/h5-9H,10,19H2,1-4H3,(H,20,23,25). The van der Waals surface area contributed by atoms with Crippen LogP contribution in [0.2, 0.25) is 0 Å². The third kappa shape index (κ3) is 4.48. The highest BCUT2D eigenvalue weighted by atomic mass is 32.2. The van der Waals surface area contributed by atoms with Gasteiger partial charge in [-0.3, -0.25) is 4.79 Å². The van der Waals surface area contributed by atoms with Crippen molar-refractivity contribution >= 4 is 23.5 Å². The molecular weight excluding hydrogens is 364 g/mol. The second kappa shape index (κ2) is 7.43. The summed E-state index contributed by atoms with van der Waals surface area (Å²) < 4.78 is 6.30. The van der Waals surface area contributed by atoms with Crippen LogP contribution in [0.15, 0.2) is 40.0 Å². The van der Waals surface area contributed by atoms with Gasteiger partial charge in [-0.05, 0) is 17.9 Å². The molecule has 2 heterocycles. The van der Waals surface area contributed by atoms with Crippen molar-refractivity contribution in [1.29, 1.82) is 0 Å². The van der Waals surface area contributed by atoms with Crippen LogP contribution in [0.5, 0.6) is 0 Å². The molecule has 2 aromatic heterocycles. The number of amides is 1. The monoisotopic (exact) mass is 386 g/mol. The number of thioether (sulfide) groups is 1.